The van der Waals surface area contributed by atoms with Crippen LogP contribution in [-0.2, 0) is 19.3 Å². The molecule has 0 bridgehead atoms. The summed E-state index contributed by atoms with van der Waals surface area (Å²) in [6, 6.07) is 11.9. The Bertz CT molecular complexity index is 1650. The zero-order valence-electron chi connectivity index (χ0n) is 20.2. The fraction of sp³-hybridized carbons (Fsp3) is 0.231. The second-order valence-electron chi connectivity index (χ2n) is 8.29. The molecule has 1 aliphatic heterocycles. The number of thiazole rings is 2. The fourth-order valence-electron chi connectivity index (χ4n) is 4.22. The van der Waals surface area contributed by atoms with E-state index in [9.17, 15) is 18.0 Å². The number of fused-ring (bicyclic) bond motifs is 1. The van der Waals surface area contributed by atoms with Crippen LogP contribution in [0, 0.1) is 0 Å². The van der Waals surface area contributed by atoms with Crippen molar-refractivity contribution in [2.75, 3.05) is 18.2 Å². The van der Waals surface area contributed by atoms with Gasteiger partial charge in [-0.15, -0.1) is 23.1 Å². The highest BCUT2D eigenvalue weighted by Gasteiger charge is 2.34. The number of hydrogen-bond donors (Lipinski definition) is 0. The van der Waals surface area contributed by atoms with Crippen LogP contribution >= 0.6 is 46.2 Å². The fourth-order valence-corrected chi connectivity index (χ4v) is 8.08. The molecule has 4 aromatic rings. The van der Waals surface area contributed by atoms with Gasteiger partial charge in [0, 0.05) is 28.9 Å². The van der Waals surface area contributed by atoms with Gasteiger partial charge in [-0.25, -0.2) is 0 Å². The lowest BCUT2D eigenvalue weighted by Crippen LogP contribution is -2.37. The predicted molar refractivity (Wildman–Crippen MR) is 148 cm³/mol. The summed E-state index contributed by atoms with van der Waals surface area (Å²) >= 11 is 6.12. The van der Waals surface area contributed by atoms with Crippen molar-refractivity contribution in [2.45, 2.75) is 36.0 Å². The first-order chi connectivity index (χ1) is 17.7. The minimum Gasteiger partial charge on any atom is -0.337 e. The highest BCUT2D eigenvalue weighted by atomic mass is 32.2. The maximum Gasteiger partial charge on any atom is 0.416 e. The molecule has 0 radical (unpaired) electrons. The number of halogens is 3. The standard InChI is InChI=1S/C26H23F3N3OS4/c1-4-32-22(14-21-31(11-12-35-21)15-16-7-5-6-8-18(16)26(27,28)29)37-23(24(32)33)25-30(2)19-10-9-17(34-3)13-20(19)36-25/h5-14H,4,15H2,1-3H3/q+1/b25-23+. The largest absolute Gasteiger partial charge is 0.416 e. The van der Waals surface area contributed by atoms with Gasteiger partial charge < -0.3 is 4.90 Å². The van der Waals surface area contributed by atoms with Crippen LogP contribution in [-0.4, -0.2) is 17.9 Å². The summed E-state index contributed by atoms with van der Waals surface area (Å²) in [5.74, 6) is 0. The first-order valence-corrected chi connectivity index (χ1v) is 15.1. The number of benzene rings is 2. The van der Waals surface area contributed by atoms with Crippen molar-refractivity contribution in [3.8, 4) is 0 Å². The maximum absolute atomic E-state index is 13.5. The molecule has 0 amide bonds. The molecule has 192 valence electrons. The number of anilines is 1. The zero-order chi connectivity index (χ0) is 26.3. The molecule has 0 saturated carbocycles. The number of nitrogens with zero attached hydrogens (tertiary/aromatic N) is 3. The van der Waals surface area contributed by atoms with Crippen LogP contribution in [0.5, 0.6) is 0 Å². The Morgan fingerprint density at radius 3 is 2.68 bits per heavy atom. The third kappa shape index (κ3) is 5.01. The molecular formula is C26H23F3N3OS4+. The molecule has 2 aromatic carbocycles. The van der Waals surface area contributed by atoms with Gasteiger partial charge in [0.15, 0.2) is 12.7 Å². The van der Waals surface area contributed by atoms with E-state index in [-0.39, 0.29) is 17.7 Å². The van der Waals surface area contributed by atoms with Crippen LogP contribution in [0.15, 0.2) is 68.6 Å². The quantitative estimate of drug-likeness (QED) is 0.240. The summed E-state index contributed by atoms with van der Waals surface area (Å²) < 4.78 is 45.5. The summed E-state index contributed by atoms with van der Waals surface area (Å²) in [6.45, 7) is 2.50. The number of thioether (sulfide) groups is 2. The number of rotatable bonds is 5. The third-order valence-electron chi connectivity index (χ3n) is 6.09. The molecule has 2 aromatic heterocycles. The Morgan fingerprint density at radius 1 is 1.16 bits per heavy atom. The zero-order valence-corrected chi connectivity index (χ0v) is 23.5. The minimum absolute atomic E-state index is 0.0588. The van der Waals surface area contributed by atoms with Crippen LogP contribution in [0.4, 0.5) is 18.9 Å². The molecule has 0 spiro atoms. The SMILES string of the molecule is CCn1c(=O)/c(=C2\Sc3cc(SC)ccc3N2C)s/c1=C\c1scc[n+]1Cc1ccccc1C(F)(F)F. The van der Waals surface area contributed by atoms with E-state index < -0.39 is 11.7 Å². The Hall–Kier alpha value is -2.47. The maximum atomic E-state index is 13.5. The predicted octanol–water partition coefficient (Wildman–Crippen LogP) is 5.20. The smallest absolute Gasteiger partial charge is 0.337 e. The molecule has 0 atom stereocenters. The lowest BCUT2D eigenvalue weighted by Gasteiger charge is -2.12. The molecule has 4 nitrogen and oxygen atoms in total. The van der Waals surface area contributed by atoms with E-state index in [1.54, 1.807) is 44.9 Å². The lowest BCUT2D eigenvalue weighted by molar-refractivity contribution is -0.685. The van der Waals surface area contributed by atoms with Crippen LogP contribution in [0.1, 0.15) is 23.1 Å². The van der Waals surface area contributed by atoms with Crippen LogP contribution in [0.3, 0.4) is 0 Å². The number of alkyl halides is 3. The van der Waals surface area contributed by atoms with Gasteiger partial charge in [0.2, 0.25) is 0 Å². The van der Waals surface area contributed by atoms with Gasteiger partial charge in [-0.3, -0.25) is 9.36 Å². The van der Waals surface area contributed by atoms with Gasteiger partial charge >= 0.3 is 6.18 Å². The average Bonchev–Trinajstić information content (AvgIpc) is 3.54. The van der Waals surface area contributed by atoms with Crippen molar-refractivity contribution < 1.29 is 17.7 Å². The molecule has 1 aliphatic rings. The number of hydrogen-bond acceptors (Lipinski definition) is 6. The molecule has 5 rings (SSSR count). The first-order valence-electron chi connectivity index (χ1n) is 11.4. The molecular weight excluding hydrogens is 556 g/mol. The van der Waals surface area contributed by atoms with E-state index in [4.69, 9.17) is 0 Å². The Morgan fingerprint density at radius 2 is 1.95 bits per heavy atom. The van der Waals surface area contributed by atoms with Crippen molar-refractivity contribution in [3.05, 3.63) is 89.7 Å². The molecule has 0 unspecified atom stereocenters. The number of aromatic nitrogens is 2. The Balaban J connectivity index is 1.58. The second-order valence-corrected chi connectivity index (χ2v) is 12.2. The third-order valence-corrected chi connectivity index (χ3v) is 10.1. The molecule has 11 heteroatoms. The summed E-state index contributed by atoms with van der Waals surface area (Å²) in [6.07, 6.45) is 1.30. The van der Waals surface area contributed by atoms with Crippen molar-refractivity contribution in [1.29, 1.82) is 0 Å². The summed E-state index contributed by atoms with van der Waals surface area (Å²) in [7, 11) is 1.97. The highest BCUT2D eigenvalue weighted by Crippen LogP contribution is 2.46. The van der Waals surface area contributed by atoms with E-state index in [1.165, 1.54) is 39.7 Å². The molecule has 3 heterocycles. The monoisotopic (exact) mass is 578 g/mol. The highest BCUT2D eigenvalue weighted by molar-refractivity contribution is 8.08. The van der Waals surface area contributed by atoms with Crippen LogP contribution < -0.4 is 24.2 Å². The minimum atomic E-state index is -4.42. The van der Waals surface area contributed by atoms with Crippen molar-refractivity contribution in [2.24, 2.45) is 0 Å². The van der Waals surface area contributed by atoms with Crippen LogP contribution in [0.25, 0.3) is 11.1 Å². The molecule has 0 saturated heterocycles. The van der Waals surface area contributed by atoms with Gasteiger partial charge in [0.05, 0.1) is 22.7 Å². The van der Waals surface area contributed by atoms with Crippen molar-refractivity contribution >= 4 is 63.0 Å². The van der Waals surface area contributed by atoms with E-state index in [1.807, 2.05) is 31.7 Å². The Labute approximate surface area is 228 Å². The Kier molecular flexibility index (Phi) is 7.32. The molecule has 37 heavy (non-hydrogen) atoms. The molecule has 0 fully saturated rings. The van der Waals surface area contributed by atoms with Crippen molar-refractivity contribution in [1.82, 2.24) is 4.57 Å². The summed E-state index contributed by atoms with van der Waals surface area (Å²) in [5.41, 5.74) is 0.579. The van der Waals surface area contributed by atoms with Gasteiger partial charge in [-0.1, -0.05) is 41.3 Å². The van der Waals surface area contributed by atoms with E-state index in [0.29, 0.717) is 11.1 Å². The summed E-state index contributed by atoms with van der Waals surface area (Å²) in [5, 5.41) is 3.51. The first kappa shape index (κ1) is 26.1. The second kappa shape index (κ2) is 10.4. The summed E-state index contributed by atoms with van der Waals surface area (Å²) in [4.78, 5) is 17.8. The van der Waals surface area contributed by atoms with Gasteiger partial charge in [0.1, 0.15) is 14.2 Å². The van der Waals surface area contributed by atoms with Gasteiger partial charge in [-0.2, -0.15) is 17.7 Å². The van der Waals surface area contributed by atoms with Gasteiger partial charge in [-0.05, 0) is 37.4 Å². The van der Waals surface area contributed by atoms with Crippen LogP contribution in [0.2, 0.25) is 0 Å². The lowest BCUT2D eigenvalue weighted by atomic mass is 10.1. The topological polar surface area (TPSA) is 29.1 Å². The van der Waals surface area contributed by atoms with E-state index in [0.717, 1.165) is 31.3 Å². The average molecular weight is 579 g/mol. The van der Waals surface area contributed by atoms with Crippen molar-refractivity contribution in [3.63, 3.8) is 0 Å². The normalized spacial score (nSPS) is 15.5. The molecule has 0 N–H and O–H groups in total. The molecule has 0 aliphatic carbocycles. The van der Waals surface area contributed by atoms with Gasteiger partial charge in [0.25, 0.3) is 10.6 Å². The van der Waals surface area contributed by atoms with E-state index >= 15 is 0 Å². The van der Waals surface area contributed by atoms with E-state index in [2.05, 4.69) is 23.1 Å².